The molecule has 0 rings (SSSR count). The summed E-state index contributed by atoms with van der Waals surface area (Å²) in [5.74, 6) is 0.662. The summed E-state index contributed by atoms with van der Waals surface area (Å²) in [6.45, 7) is 9.35. The van der Waals surface area contributed by atoms with E-state index in [1.54, 1.807) is 0 Å². The molecule has 194 valence electrons. The highest BCUT2D eigenvalue weighted by atomic mass is 16.5. The molecule has 1 amide bonds. The molecule has 0 heterocycles. The van der Waals surface area contributed by atoms with Crippen molar-refractivity contribution in [2.24, 2.45) is 17.4 Å². The van der Waals surface area contributed by atoms with Gasteiger partial charge < -0.3 is 16.2 Å². The summed E-state index contributed by atoms with van der Waals surface area (Å²) in [7, 11) is 0. The molecule has 4 N–H and O–H groups in total. The van der Waals surface area contributed by atoms with Crippen LogP contribution in [0.2, 0.25) is 0 Å². The standard InChI is InChI=1S/C14H31NO.C14H29NO/c1-3-4-5-6-7-9-14(2)10-13-16-12-8-11-15;1-2-3-4-5-6-7-8-9-10-11-12-13-14(15)16/h14H,3-13,15H2,1-2H3;2-13H2,1H3,(H2,15,16). The van der Waals surface area contributed by atoms with E-state index in [-0.39, 0.29) is 5.91 Å². The lowest BCUT2D eigenvalue weighted by Crippen LogP contribution is -2.09. The van der Waals surface area contributed by atoms with Crippen LogP contribution in [0.4, 0.5) is 0 Å². The Morgan fingerprint density at radius 2 is 1.12 bits per heavy atom. The van der Waals surface area contributed by atoms with Crippen LogP contribution >= 0.6 is 0 Å². The molecule has 1 unspecified atom stereocenters. The van der Waals surface area contributed by atoms with E-state index in [1.807, 2.05) is 0 Å². The molecule has 0 saturated carbocycles. The number of carbonyl (C=O) groups excluding carboxylic acids is 1. The number of hydrogen-bond acceptors (Lipinski definition) is 3. The number of nitrogens with two attached hydrogens (primary N) is 2. The zero-order valence-corrected chi connectivity index (χ0v) is 22.3. The summed E-state index contributed by atoms with van der Waals surface area (Å²) in [5.41, 5.74) is 10.5. The molecule has 0 saturated heterocycles. The lowest BCUT2D eigenvalue weighted by molar-refractivity contribution is -0.118. The van der Waals surface area contributed by atoms with Gasteiger partial charge in [0.05, 0.1) is 0 Å². The van der Waals surface area contributed by atoms with Crippen LogP contribution in [0, 0.1) is 5.92 Å². The van der Waals surface area contributed by atoms with Gasteiger partial charge in [-0.3, -0.25) is 4.79 Å². The largest absolute Gasteiger partial charge is 0.381 e. The van der Waals surface area contributed by atoms with Crippen molar-refractivity contribution in [2.45, 2.75) is 149 Å². The lowest BCUT2D eigenvalue weighted by atomic mass is 10.00. The highest BCUT2D eigenvalue weighted by Crippen LogP contribution is 2.14. The summed E-state index contributed by atoms with van der Waals surface area (Å²) < 4.78 is 5.51. The topological polar surface area (TPSA) is 78.3 Å². The van der Waals surface area contributed by atoms with Crippen molar-refractivity contribution < 1.29 is 9.53 Å². The van der Waals surface area contributed by atoms with Gasteiger partial charge in [-0.05, 0) is 31.7 Å². The fourth-order valence-electron chi connectivity index (χ4n) is 3.78. The fraction of sp³-hybridized carbons (Fsp3) is 0.964. The second-order valence-corrected chi connectivity index (χ2v) is 9.60. The third kappa shape index (κ3) is 34.0. The maximum atomic E-state index is 10.5. The van der Waals surface area contributed by atoms with Crippen LogP contribution in [0.25, 0.3) is 0 Å². The van der Waals surface area contributed by atoms with Crippen molar-refractivity contribution in [2.75, 3.05) is 19.8 Å². The van der Waals surface area contributed by atoms with Gasteiger partial charge in [0, 0.05) is 19.6 Å². The van der Waals surface area contributed by atoms with Crippen molar-refractivity contribution >= 4 is 5.91 Å². The van der Waals surface area contributed by atoms with E-state index < -0.39 is 0 Å². The summed E-state index contributed by atoms with van der Waals surface area (Å²) in [4.78, 5) is 10.5. The highest BCUT2D eigenvalue weighted by Gasteiger charge is 2.01. The molecule has 0 aliphatic heterocycles. The fourth-order valence-corrected chi connectivity index (χ4v) is 3.78. The zero-order chi connectivity index (χ0) is 24.1. The van der Waals surface area contributed by atoms with Gasteiger partial charge in [0.25, 0.3) is 0 Å². The average molecular weight is 457 g/mol. The van der Waals surface area contributed by atoms with E-state index >= 15 is 0 Å². The van der Waals surface area contributed by atoms with E-state index in [9.17, 15) is 4.79 Å². The molecular formula is C28H60N2O2. The van der Waals surface area contributed by atoms with E-state index in [4.69, 9.17) is 16.2 Å². The maximum absolute atomic E-state index is 10.5. The van der Waals surface area contributed by atoms with Gasteiger partial charge in [-0.15, -0.1) is 0 Å². The molecule has 0 bridgehead atoms. The second-order valence-electron chi connectivity index (χ2n) is 9.60. The minimum absolute atomic E-state index is 0.157. The first-order chi connectivity index (χ1) is 15.6. The molecule has 4 nitrogen and oxygen atoms in total. The van der Waals surface area contributed by atoms with E-state index in [2.05, 4.69) is 20.8 Å². The van der Waals surface area contributed by atoms with Crippen LogP contribution in [-0.2, 0) is 9.53 Å². The molecule has 4 heteroatoms. The van der Waals surface area contributed by atoms with Crippen LogP contribution in [0.1, 0.15) is 149 Å². The smallest absolute Gasteiger partial charge is 0.217 e. The molecule has 32 heavy (non-hydrogen) atoms. The Morgan fingerprint density at radius 3 is 1.59 bits per heavy atom. The van der Waals surface area contributed by atoms with Crippen LogP contribution in [0.15, 0.2) is 0 Å². The maximum Gasteiger partial charge on any atom is 0.217 e. The Kier molecular flexibility index (Phi) is 31.9. The van der Waals surface area contributed by atoms with E-state index in [1.165, 1.54) is 109 Å². The van der Waals surface area contributed by atoms with E-state index in [0.717, 1.165) is 38.5 Å². The molecule has 0 radical (unpaired) electrons. The average Bonchev–Trinajstić information content (AvgIpc) is 2.77. The third-order valence-electron chi connectivity index (χ3n) is 6.07. The Balaban J connectivity index is 0. The molecule has 0 aliphatic carbocycles. The molecule has 0 spiro atoms. The quantitative estimate of drug-likeness (QED) is 0.145. The van der Waals surface area contributed by atoms with Crippen molar-refractivity contribution in [3.63, 3.8) is 0 Å². The summed E-state index contributed by atoms with van der Waals surface area (Å²) in [6, 6.07) is 0. The third-order valence-corrected chi connectivity index (χ3v) is 6.07. The summed E-state index contributed by atoms with van der Waals surface area (Å²) in [6.07, 6.45) is 25.5. The SMILES string of the molecule is CCCCCCCC(C)CCOCCCN.CCCCCCCCCCCCCC(N)=O. The van der Waals surface area contributed by atoms with E-state index in [0.29, 0.717) is 6.42 Å². The number of rotatable bonds is 24. The Hall–Kier alpha value is -0.610. The molecule has 1 atom stereocenters. The lowest BCUT2D eigenvalue weighted by Gasteiger charge is -2.11. The van der Waals surface area contributed by atoms with Crippen LogP contribution in [-0.4, -0.2) is 25.7 Å². The van der Waals surface area contributed by atoms with Gasteiger partial charge >= 0.3 is 0 Å². The van der Waals surface area contributed by atoms with Gasteiger partial charge in [-0.2, -0.15) is 0 Å². The molecule has 0 aliphatic rings. The monoisotopic (exact) mass is 456 g/mol. The Labute approximate surface area is 202 Å². The molecule has 0 aromatic heterocycles. The molecule has 0 aromatic rings. The predicted octanol–water partition coefficient (Wildman–Crippen LogP) is 7.91. The number of amides is 1. The highest BCUT2D eigenvalue weighted by molar-refractivity contribution is 5.73. The first-order valence-corrected chi connectivity index (χ1v) is 14.1. The number of unbranched alkanes of at least 4 members (excludes halogenated alkanes) is 14. The minimum atomic E-state index is -0.157. The van der Waals surface area contributed by atoms with Gasteiger partial charge in [0.2, 0.25) is 5.91 Å². The normalized spacial score (nSPS) is 11.8. The van der Waals surface area contributed by atoms with Crippen molar-refractivity contribution in [3.05, 3.63) is 0 Å². The predicted molar refractivity (Wildman–Crippen MR) is 142 cm³/mol. The first-order valence-electron chi connectivity index (χ1n) is 14.1. The van der Waals surface area contributed by atoms with Crippen molar-refractivity contribution in [1.82, 2.24) is 0 Å². The van der Waals surface area contributed by atoms with Crippen molar-refractivity contribution in [3.8, 4) is 0 Å². The summed E-state index contributed by atoms with van der Waals surface area (Å²) >= 11 is 0. The molecule has 0 aromatic carbocycles. The Bertz CT molecular complexity index is 336. The Morgan fingerprint density at radius 1 is 0.656 bits per heavy atom. The second kappa shape index (κ2) is 30.4. The number of hydrogen-bond donors (Lipinski definition) is 2. The zero-order valence-electron chi connectivity index (χ0n) is 22.3. The van der Waals surface area contributed by atoms with Gasteiger partial charge in [-0.1, -0.05) is 124 Å². The van der Waals surface area contributed by atoms with Crippen molar-refractivity contribution in [1.29, 1.82) is 0 Å². The number of primary amides is 1. The molecule has 0 fully saturated rings. The van der Waals surface area contributed by atoms with Gasteiger partial charge in [0.1, 0.15) is 0 Å². The van der Waals surface area contributed by atoms with Gasteiger partial charge in [0.15, 0.2) is 0 Å². The number of ether oxygens (including phenoxy) is 1. The number of carbonyl (C=O) groups is 1. The van der Waals surface area contributed by atoms with Crippen LogP contribution < -0.4 is 11.5 Å². The van der Waals surface area contributed by atoms with Gasteiger partial charge in [-0.25, -0.2) is 0 Å². The molecular weight excluding hydrogens is 396 g/mol. The van der Waals surface area contributed by atoms with Crippen LogP contribution in [0.5, 0.6) is 0 Å². The minimum Gasteiger partial charge on any atom is -0.381 e. The first kappa shape index (κ1) is 33.6. The summed E-state index contributed by atoms with van der Waals surface area (Å²) in [5, 5.41) is 0. The van der Waals surface area contributed by atoms with Crippen LogP contribution in [0.3, 0.4) is 0 Å².